The van der Waals surface area contributed by atoms with Crippen molar-refractivity contribution in [2.75, 3.05) is 17.7 Å². The number of halogens is 1. The Hall–Kier alpha value is -2.57. The lowest BCUT2D eigenvalue weighted by molar-refractivity contribution is 0.415. The molecule has 25 heavy (non-hydrogen) atoms. The molecule has 0 saturated carbocycles. The molecular weight excluding hydrogens is 356 g/mol. The van der Waals surface area contributed by atoms with E-state index in [1.807, 2.05) is 60.8 Å². The standard InChI is InChI=1S/C18H17ClN4OS/c1-24-15-8-6-14(7-9-15)20-18(25)21-17-10-11-23(22-17)12-13-4-2-3-5-16(13)19/h2-11H,12H2,1H3,(H2,20,21,22,25). The highest BCUT2D eigenvalue weighted by atomic mass is 35.5. The Morgan fingerprint density at radius 3 is 2.60 bits per heavy atom. The summed E-state index contributed by atoms with van der Waals surface area (Å²) in [6.07, 6.45) is 1.88. The van der Waals surface area contributed by atoms with Gasteiger partial charge in [-0.15, -0.1) is 0 Å². The van der Waals surface area contributed by atoms with Crippen molar-refractivity contribution in [3.8, 4) is 5.75 Å². The molecule has 0 aliphatic rings. The Balaban J connectivity index is 1.58. The van der Waals surface area contributed by atoms with Crippen LogP contribution in [0.15, 0.2) is 60.8 Å². The van der Waals surface area contributed by atoms with E-state index in [0.29, 0.717) is 17.5 Å². The van der Waals surface area contributed by atoms with Gasteiger partial charge in [-0.2, -0.15) is 5.10 Å². The van der Waals surface area contributed by atoms with Crippen molar-refractivity contribution < 1.29 is 4.74 Å². The molecule has 0 saturated heterocycles. The minimum Gasteiger partial charge on any atom is -0.497 e. The van der Waals surface area contributed by atoms with Crippen molar-refractivity contribution >= 4 is 40.4 Å². The lowest BCUT2D eigenvalue weighted by atomic mass is 10.2. The lowest BCUT2D eigenvalue weighted by Crippen LogP contribution is -2.19. The van der Waals surface area contributed by atoms with E-state index in [1.165, 1.54) is 0 Å². The maximum absolute atomic E-state index is 6.18. The van der Waals surface area contributed by atoms with Crippen molar-refractivity contribution in [3.63, 3.8) is 0 Å². The fourth-order valence-electron chi connectivity index (χ4n) is 2.27. The molecule has 0 unspecified atom stereocenters. The van der Waals surface area contributed by atoms with Crippen LogP contribution in [0.1, 0.15) is 5.56 Å². The zero-order valence-electron chi connectivity index (χ0n) is 13.6. The average molecular weight is 373 g/mol. The molecule has 3 rings (SSSR count). The number of ether oxygens (including phenoxy) is 1. The zero-order chi connectivity index (χ0) is 17.6. The zero-order valence-corrected chi connectivity index (χ0v) is 15.1. The van der Waals surface area contributed by atoms with Crippen LogP contribution in [0.3, 0.4) is 0 Å². The molecule has 0 amide bonds. The van der Waals surface area contributed by atoms with E-state index in [2.05, 4.69) is 15.7 Å². The first kappa shape index (κ1) is 17.3. The Labute approximate surface area is 156 Å². The molecule has 1 aromatic heterocycles. The molecule has 2 aromatic carbocycles. The highest BCUT2D eigenvalue weighted by molar-refractivity contribution is 7.80. The second kappa shape index (κ2) is 8.00. The van der Waals surface area contributed by atoms with Crippen molar-refractivity contribution in [2.45, 2.75) is 6.54 Å². The summed E-state index contributed by atoms with van der Waals surface area (Å²) in [5, 5.41) is 11.8. The quantitative estimate of drug-likeness (QED) is 0.650. The predicted octanol–water partition coefficient (Wildman–Crippen LogP) is 4.40. The number of aromatic nitrogens is 2. The van der Waals surface area contributed by atoms with Crippen molar-refractivity contribution in [1.29, 1.82) is 0 Å². The SMILES string of the molecule is COc1ccc(NC(=S)Nc2ccn(Cc3ccccc3Cl)n2)cc1. The number of methoxy groups -OCH3 is 1. The van der Waals surface area contributed by atoms with Crippen LogP contribution >= 0.6 is 23.8 Å². The Kier molecular flexibility index (Phi) is 5.53. The van der Waals surface area contributed by atoms with E-state index in [1.54, 1.807) is 11.8 Å². The van der Waals surface area contributed by atoms with Gasteiger partial charge in [-0.1, -0.05) is 29.8 Å². The normalized spacial score (nSPS) is 10.3. The van der Waals surface area contributed by atoms with Crippen LogP contribution in [0.5, 0.6) is 5.75 Å². The number of nitrogens with one attached hydrogen (secondary N) is 2. The van der Waals surface area contributed by atoms with Gasteiger partial charge < -0.3 is 15.4 Å². The maximum Gasteiger partial charge on any atom is 0.176 e. The van der Waals surface area contributed by atoms with E-state index in [9.17, 15) is 0 Å². The minimum atomic E-state index is 0.466. The van der Waals surface area contributed by atoms with E-state index in [-0.39, 0.29) is 0 Å². The van der Waals surface area contributed by atoms with Gasteiger partial charge in [-0.3, -0.25) is 4.68 Å². The molecule has 1 heterocycles. The van der Waals surface area contributed by atoms with Crippen molar-refractivity contribution in [3.05, 3.63) is 71.4 Å². The fraction of sp³-hybridized carbons (Fsp3) is 0.111. The number of hydrogen-bond donors (Lipinski definition) is 2. The Morgan fingerprint density at radius 1 is 1.12 bits per heavy atom. The summed E-state index contributed by atoms with van der Waals surface area (Å²) in [5.41, 5.74) is 1.88. The van der Waals surface area contributed by atoms with E-state index in [0.717, 1.165) is 22.0 Å². The van der Waals surface area contributed by atoms with Gasteiger partial charge in [0, 0.05) is 23.0 Å². The molecule has 0 spiro atoms. The second-order valence-electron chi connectivity index (χ2n) is 5.30. The highest BCUT2D eigenvalue weighted by Crippen LogP contribution is 2.17. The van der Waals surface area contributed by atoms with Crippen LogP contribution in [0.2, 0.25) is 5.02 Å². The number of benzene rings is 2. The Morgan fingerprint density at radius 2 is 1.88 bits per heavy atom. The van der Waals surface area contributed by atoms with Crippen molar-refractivity contribution in [1.82, 2.24) is 9.78 Å². The molecule has 0 radical (unpaired) electrons. The van der Waals surface area contributed by atoms with Crippen LogP contribution in [0.25, 0.3) is 0 Å². The molecule has 0 aliphatic carbocycles. The summed E-state index contributed by atoms with van der Waals surface area (Å²) in [4.78, 5) is 0. The second-order valence-corrected chi connectivity index (χ2v) is 6.11. The summed E-state index contributed by atoms with van der Waals surface area (Å²) in [7, 11) is 1.63. The summed E-state index contributed by atoms with van der Waals surface area (Å²) in [5.74, 6) is 1.46. The van der Waals surface area contributed by atoms with Crippen LogP contribution in [0, 0.1) is 0 Å². The summed E-state index contributed by atoms with van der Waals surface area (Å²) < 4.78 is 6.94. The molecule has 5 nitrogen and oxygen atoms in total. The van der Waals surface area contributed by atoms with E-state index >= 15 is 0 Å². The van der Waals surface area contributed by atoms with Crippen molar-refractivity contribution in [2.24, 2.45) is 0 Å². The largest absolute Gasteiger partial charge is 0.497 e. The van der Waals surface area contributed by atoms with Gasteiger partial charge in [0.05, 0.1) is 13.7 Å². The smallest absolute Gasteiger partial charge is 0.176 e. The van der Waals surface area contributed by atoms with Gasteiger partial charge in [0.2, 0.25) is 0 Å². The van der Waals surface area contributed by atoms with Crippen LogP contribution in [0.4, 0.5) is 11.5 Å². The number of rotatable bonds is 5. The first-order valence-corrected chi connectivity index (χ1v) is 8.41. The maximum atomic E-state index is 6.18. The van der Waals surface area contributed by atoms with Gasteiger partial charge in [-0.25, -0.2) is 0 Å². The molecule has 0 aliphatic heterocycles. The molecule has 0 bridgehead atoms. The molecule has 128 valence electrons. The first-order valence-electron chi connectivity index (χ1n) is 7.63. The van der Waals surface area contributed by atoms with E-state index < -0.39 is 0 Å². The summed E-state index contributed by atoms with van der Waals surface area (Å²) in [6, 6.07) is 17.1. The monoisotopic (exact) mass is 372 g/mol. The van der Waals surface area contributed by atoms with Gasteiger partial charge in [0.1, 0.15) is 5.75 Å². The third kappa shape index (κ3) is 4.71. The number of thiocarbonyl (C=S) groups is 1. The number of nitrogens with zero attached hydrogens (tertiary/aromatic N) is 2. The molecule has 0 fully saturated rings. The fourth-order valence-corrected chi connectivity index (χ4v) is 2.69. The summed E-state index contributed by atoms with van der Waals surface area (Å²) >= 11 is 11.5. The topological polar surface area (TPSA) is 51.1 Å². The number of hydrogen-bond acceptors (Lipinski definition) is 3. The number of anilines is 2. The minimum absolute atomic E-state index is 0.466. The average Bonchev–Trinajstić information content (AvgIpc) is 3.04. The molecule has 0 atom stereocenters. The lowest BCUT2D eigenvalue weighted by Gasteiger charge is -2.09. The van der Waals surface area contributed by atoms with Crippen LogP contribution in [-0.2, 0) is 6.54 Å². The highest BCUT2D eigenvalue weighted by Gasteiger charge is 2.05. The molecular formula is C18H17ClN4OS. The van der Waals surface area contributed by atoms with Crippen LogP contribution < -0.4 is 15.4 Å². The van der Waals surface area contributed by atoms with E-state index in [4.69, 9.17) is 28.6 Å². The third-order valence-corrected chi connectivity index (χ3v) is 4.09. The van der Waals surface area contributed by atoms with Gasteiger partial charge in [0.15, 0.2) is 10.9 Å². The molecule has 3 aromatic rings. The van der Waals surface area contributed by atoms with Crippen LogP contribution in [-0.4, -0.2) is 22.0 Å². The first-order chi connectivity index (χ1) is 12.1. The molecule has 7 heteroatoms. The Bertz CT molecular complexity index is 864. The van der Waals surface area contributed by atoms with Gasteiger partial charge in [-0.05, 0) is 48.1 Å². The van der Waals surface area contributed by atoms with Gasteiger partial charge in [0.25, 0.3) is 0 Å². The predicted molar refractivity (Wildman–Crippen MR) is 106 cm³/mol. The summed E-state index contributed by atoms with van der Waals surface area (Å²) in [6.45, 7) is 0.597. The van der Waals surface area contributed by atoms with Gasteiger partial charge >= 0.3 is 0 Å². The third-order valence-electron chi connectivity index (χ3n) is 3.52. The molecule has 2 N–H and O–H groups in total.